The van der Waals surface area contributed by atoms with E-state index in [4.69, 9.17) is 0 Å². The van der Waals surface area contributed by atoms with Crippen molar-refractivity contribution in [3.63, 3.8) is 0 Å². The van der Waals surface area contributed by atoms with Crippen molar-refractivity contribution >= 4 is 27.3 Å². The maximum atomic E-state index is 15.5. The number of fused-ring (bicyclic) bond motifs is 13. The van der Waals surface area contributed by atoms with Crippen LogP contribution in [0.15, 0.2) is 109 Å². The second kappa shape index (κ2) is 6.16. The number of benzene rings is 5. The lowest BCUT2D eigenvalue weighted by atomic mass is 9.61. The standard InChI is InChI=1S/C35H28O/c1-32(2)30-33(32,3)35(23-16-8-5-9-17-23)29-27-21-13-11-19-25(27)24-18-10-12-20-26(24)28(29)34(30,31(35)36)22-14-6-4-7-15-22/h4-21,30H,1-3H3/t30-,33-,34+,35+/m0/s1. The van der Waals surface area contributed by atoms with E-state index in [0.717, 1.165) is 11.1 Å². The first-order valence-corrected chi connectivity index (χ1v) is 13.0. The molecule has 0 radical (unpaired) electrons. The van der Waals surface area contributed by atoms with Gasteiger partial charge in [-0.25, -0.2) is 0 Å². The largest absolute Gasteiger partial charge is 0.297 e. The van der Waals surface area contributed by atoms with Crippen LogP contribution in [0.5, 0.6) is 0 Å². The summed E-state index contributed by atoms with van der Waals surface area (Å²) in [5.74, 6) is 0.598. The molecule has 1 nitrogen and oxygen atoms in total. The molecule has 8 rings (SSSR count). The summed E-state index contributed by atoms with van der Waals surface area (Å²) in [5, 5.41) is 4.93. The number of hydrogen-bond acceptors (Lipinski definition) is 1. The Morgan fingerprint density at radius 1 is 0.528 bits per heavy atom. The highest BCUT2D eigenvalue weighted by Gasteiger charge is 2.94. The summed E-state index contributed by atoms with van der Waals surface area (Å²) in [5.41, 5.74) is 3.23. The third-order valence-corrected chi connectivity index (χ3v) is 10.6. The Hall–Kier alpha value is -3.71. The van der Waals surface area contributed by atoms with Gasteiger partial charge in [-0.05, 0) is 60.5 Å². The monoisotopic (exact) mass is 464 g/mol. The molecule has 5 aromatic rings. The zero-order chi connectivity index (χ0) is 24.5. The highest BCUT2D eigenvalue weighted by atomic mass is 16.1. The van der Waals surface area contributed by atoms with Gasteiger partial charge in [-0.15, -0.1) is 0 Å². The van der Waals surface area contributed by atoms with Gasteiger partial charge in [0.1, 0.15) is 0 Å². The normalized spacial score (nSPS) is 31.0. The molecular formula is C35H28O. The number of hydrogen-bond donors (Lipinski definition) is 0. The van der Waals surface area contributed by atoms with Crippen LogP contribution in [0, 0.1) is 16.7 Å². The van der Waals surface area contributed by atoms with Gasteiger partial charge < -0.3 is 0 Å². The fourth-order valence-electron chi connectivity index (χ4n) is 9.29. The second-order valence-electron chi connectivity index (χ2n) is 11.8. The first kappa shape index (κ1) is 20.5. The summed E-state index contributed by atoms with van der Waals surface area (Å²) in [4.78, 5) is 15.5. The molecule has 2 bridgehead atoms. The molecule has 0 N–H and O–H groups in total. The van der Waals surface area contributed by atoms with Crippen molar-refractivity contribution in [2.45, 2.75) is 31.6 Å². The smallest absolute Gasteiger partial charge is 0.163 e. The molecule has 3 aliphatic carbocycles. The van der Waals surface area contributed by atoms with Gasteiger partial charge in [0.05, 0.1) is 10.8 Å². The van der Waals surface area contributed by atoms with Gasteiger partial charge in [0.2, 0.25) is 0 Å². The zero-order valence-corrected chi connectivity index (χ0v) is 20.9. The van der Waals surface area contributed by atoms with Crippen LogP contribution in [0.3, 0.4) is 0 Å². The molecule has 0 unspecified atom stereocenters. The van der Waals surface area contributed by atoms with Crippen molar-refractivity contribution in [1.29, 1.82) is 0 Å². The Labute approximate surface area is 211 Å². The Morgan fingerprint density at radius 3 is 1.53 bits per heavy atom. The summed E-state index contributed by atoms with van der Waals surface area (Å²) >= 11 is 0. The molecule has 174 valence electrons. The highest BCUT2D eigenvalue weighted by molar-refractivity contribution is 6.24. The van der Waals surface area contributed by atoms with E-state index in [1.54, 1.807) is 0 Å². The van der Waals surface area contributed by atoms with Gasteiger partial charge in [0.15, 0.2) is 5.78 Å². The number of ketones is 1. The van der Waals surface area contributed by atoms with E-state index >= 15 is 4.79 Å². The topological polar surface area (TPSA) is 17.1 Å². The van der Waals surface area contributed by atoms with Crippen molar-refractivity contribution in [2.75, 3.05) is 0 Å². The minimum Gasteiger partial charge on any atom is -0.297 e. The maximum Gasteiger partial charge on any atom is 0.163 e. The van der Waals surface area contributed by atoms with Crippen LogP contribution in [0.1, 0.15) is 43.0 Å². The third-order valence-electron chi connectivity index (χ3n) is 10.6. The zero-order valence-electron chi connectivity index (χ0n) is 20.9. The van der Waals surface area contributed by atoms with E-state index in [1.807, 2.05) is 0 Å². The average Bonchev–Trinajstić information content (AvgIpc) is 3.18. The van der Waals surface area contributed by atoms with Crippen LogP contribution < -0.4 is 0 Å². The van der Waals surface area contributed by atoms with E-state index in [9.17, 15) is 0 Å². The molecule has 0 spiro atoms. The van der Waals surface area contributed by atoms with Gasteiger partial charge in [-0.1, -0.05) is 130 Å². The van der Waals surface area contributed by atoms with Crippen molar-refractivity contribution < 1.29 is 4.79 Å². The first-order chi connectivity index (χ1) is 17.4. The molecule has 2 fully saturated rings. The van der Waals surface area contributed by atoms with Gasteiger partial charge in [0.25, 0.3) is 0 Å². The van der Waals surface area contributed by atoms with Crippen molar-refractivity contribution in [1.82, 2.24) is 0 Å². The number of carbonyl (C=O) groups is 1. The van der Waals surface area contributed by atoms with E-state index in [1.165, 1.54) is 32.7 Å². The number of rotatable bonds is 2. The highest BCUT2D eigenvalue weighted by Crippen LogP contribution is 2.92. The molecule has 1 heteroatoms. The number of carbonyl (C=O) groups excluding carboxylic acids is 1. The van der Waals surface area contributed by atoms with Crippen molar-refractivity contribution in [3.05, 3.63) is 131 Å². The Morgan fingerprint density at radius 2 is 0.972 bits per heavy atom. The van der Waals surface area contributed by atoms with Crippen LogP contribution in [0.4, 0.5) is 0 Å². The lowest BCUT2D eigenvalue weighted by Crippen LogP contribution is -2.45. The van der Waals surface area contributed by atoms with Gasteiger partial charge in [-0.2, -0.15) is 0 Å². The van der Waals surface area contributed by atoms with Crippen molar-refractivity contribution in [2.24, 2.45) is 16.7 Å². The molecule has 0 saturated heterocycles. The predicted molar refractivity (Wildman–Crippen MR) is 146 cm³/mol. The SMILES string of the molecule is CC1(C)[C@@H]2[C@]3(c4ccccc4)C(=O)[C@@](c4ccccc4)(c4c3c3ccccc3c3ccccc43)[C@@]21C. The first-order valence-electron chi connectivity index (χ1n) is 13.0. The average molecular weight is 465 g/mol. The van der Waals surface area contributed by atoms with Crippen molar-refractivity contribution in [3.8, 4) is 0 Å². The van der Waals surface area contributed by atoms with E-state index < -0.39 is 10.8 Å². The van der Waals surface area contributed by atoms with Gasteiger partial charge in [0, 0.05) is 0 Å². The van der Waals surface area contributed by atoms with Crippen LogP contribution in [-0.2, 0) is 15.6 Å². The summed E-state index contributed by atoms with van der Waals surface area (Å²) in [6.07, 6.45) is 0. The molecule has 36 heavy (non-hydrogen) atoms. The predicted octanol–water partition coefficient (Wildman–Crippen LogP) is 7.82. The van der Waals surface area contributed by atoms with E-state index in [-0.39, 0.29) is 16.7 Å². The second-order valence-corrected chi connectivity index (χ2v) is 11.8. The molecule has 0 heterocycles. The maximum absolute atomic E-state index is 15.5. The van der Waals surface area contributed by atoms with Crippen LogP contribution in [0.25, 0.3) is 21.5 Å². The molecule has 5 aromatic carbocycles. The summed E-state index contributed by atoms with van der Waals surface area (Å²) in [7, 11) is 0. The van der Waals surface area contributed by atoms with Crippen LogP contribution >= 0.6 is 0 Å². The molecule has 2 saturated carbocycles. The molecular weight excluding hydrogens is 436 g/mol. The fourth-order valence-corrected chi connectivity index (χ4v) is 9.29. The molecule has 0 aliphatic heterocycles. The number of Topliss-reactive ketones (excluding diaryl/α,β-unsaturated/α-hetero) is 1. The molecule has 0 aromatic heterocycles. The minimum absolute atomic E-state index is 0.00613. The third kappa shape index (κ3) is 1.80. The lowest BCUT2D eigenvalue weighted by molar-refractivity contribution is -0.126. The lowest BCUT2D eigenvalue weighted by Gasteiger charge is -2.39. The van der Waals surface area contributed by atoms with E-state index in [0.29, 0.717) is 5.78 Å². The van der Waals surface area contributed by atoms with Gasteiger partial charge >= 0.3 is 0 Å². The van der Waals surface area contributed by atoms with Gasteiger partial charge in [-0.3, -0.25) is 4.79 Å². The van der Waals surface area contributed by atoms with E-state index in [2.05, 4.69) is 130 Å². The Balaban J connectivity index is 1.70. The fraction of sp³-hybridized carbons (Fsp3) is 0.229. The quantitative estimate of drug-likeness (QED) is 0.243. The van der Waals surface area contributed by atoms with Crippen LogP contribution in [0.2, 0.25) is 0 Å². The molecule has 0 amide bonds. The summed E-state index contributed by atoms with van der Waals surface area (Å²) < 4.78 is 0. The molecule has 3 aliphatic rings. The Bertz CT molecular complexity index is 1750. The Kier molecular flexibility index (Phi) is 3.50. The molecule has 4 atom stereocenters. The summed E-state index contributed by atoms with van der Waals surface area (Å²) in [6, 6.07) is 38.9. The van der Waals surface area contributed by atoms with Crippen LogP contribution in [-0.4, -0.2) is 5.78 Å². The minimum atomic E-state index is -0.697. The summed E-state index contributed by atoms with van der Waals surface area (Å²) in [6.45, 7) is 7.20.